The first-order valence-corrected chi connectivity index (χ1v) is 13.7. The maximum atomic E-state index is 13.9. The highest BCUT2D eigenvalue weighted by atomic mass is 35.5. The summed E-state index contributed by atoms with van der Waals surface area (Å²) in [5, 5.41) is 6.25. The summed E-state index contributed by atoms with van der Waals surface area (Å²) in [6, 6.07) is 3.39. The van der Waals surface area contributed by atoms with Gasteiger partial charge in [-0.25, -0.2) is 0 Å². The SMILES string of the molecule is CCOP(=O)(OCC)C1(P(=O)(OCC)OCC)CC(C(=O)c2ccc(OC)c(Cl)c2)N=N1. The number of carbonyl (C=O) groups excluding carboxylic acids is 1. The zero-order chi connectivity index (χ0) is 24.0. The molecule has 1 aliphatic rings. The Morgan fingerprint density at radius 2 is 1.53 bits per heavy atom. The van der Waals surface area contributed by atoms with Crippen LogP contribution >= 0.6 is 26.8 Å². The topological polar surface area (TPSA) is 122 Å². The second-order valence-corrected chi connectivity index (χ2v) is 11.9. The lowest BCUT2D eigenvalue weighted by Gasteiger charge is -2.36. The highest BCUT2D eigenvalue weighted by molar-refractivity contribution is 7.74. The minimum absolute atomic E-state index is 0.0144. The first-order valence-electron chi connectivity index (χ1n) is 10.3. The van der Waals surface area contributed by atoms with Gasteiger partial charge in [0.15, 0.2) is 5.78 Å². The molecule has 1 unspecified atom stereocenters. The van der Waals surface area contributed by atoms with Gasteiger partial charge in [-0.05, 0) is 45.9 Å². The molecule has 1 aromatic carbocycles. The van der Waals surface area contributed by atoms with Crippen molar-refractivity contribution >= 4 is 32.6 Å². The number of hydrogen-bond donors (Lipinski definition) is 0. The second-order valence-electron chi connectivity index (χ2n) is 6.59. The number of Topliss-reactive ketones (excluding diaryl/α,β-unsaturated/α-hetero) is 1. The van der Waals surface area contributed by atoms with Gasteiger partial charge >= 0.3 is 15.2 Å². The molecule has 0 saturated carbocycles. The average molecular weight is 511 g/mol. The number of benzene rings is 1. The Morgan fingerprint density at radius 1 is 1.03 bits per heavy atom. The largest absolute Gasteiger partial charge is 0.495 e. The normalized spacial score (nSPS) is 18.1. The molecule has 2 rings (SSSR count). The Morgan fingerprint density at radius 3 is 1.94 bits per heavy atom. The van der Waals surface area contributed by atoms with E-state index in [4.69, 9.17) is 34.4 Å². The van der Waals surface area contributed by atoms with Gasteiger partial charge in [0.05, 0.1) is 38.6 Å². The molecule has 0 fully saturated rings. The molecule has 1 heterocycles. The summed E-state index contributed by atoms with van der Waals surface area (Å²) in [5.41, 5.74) is 0.237. The van der Waals surface area contributed by atoms with Gasteiger partial charge < -0.3 is 22.8 Å². The van der Waals surface area contributed by atoms with Crippen LogP contribution in [0.5, 0.6) is 5.75 Å². The molecule has 180 valence electrons. The summed E-state index contributed by atoms with van der Waals surface area (Å²) >= 11 is 6.15. The molecule has 1 atom stereocenters. The van der Waals surface area contributed by atoms with Crippen molar-refractivity contribution < 1.29 is 36.8 Å². The van der Waals surface area contributed by atoms with E-state index in [1.165, 1.54) is 19.2 Å². The van der Waals surface area contributed by atoms with Gasteiger partial charge in [-0.15, -0.1) is 0 Å². The zero-order valence-corrected chi connectivity index (χ0v) is 21.3. The van der Waals surface area contributed by atoms with E-state index in [0.29, 0.717) is 5.75 Å². The summed E-state index contributed by atoms with van der Waals surface area (Å²) < 4.78 is 54.8. The standard InChI is InChI=1S/C19H29ClN2O8P2/c1-6-27-31(24,28-7-2)19(32(25,29-8-3)30-9-4)13-16(21-22-19)18(23)14-10-11-17(26-5)15(20)12-14/h10-12,16H,6-9,13H2,1-5H3. The van der Waals surface area contributed by atoms with Crippen molar-refractivity contribution in [1.82, 2.24) is 0 Å². The van der Waals surface area contributed by atoms with E-state index >= 15 is 0 Å². The lowest BCUT2D eigenvalue weighted by molar-refractivity contribution is 0.0960. The van der Waals surface area contributed by atoms with E-state index in [2.05, 4.69) is 10.2 Å². The molecule has 10 nitrogen and oxygen atoms in total. The highest BCUT2D eigenvalue weighted by Crippen LogP contribution is 2.81. The van der Waals surface area contributed by atoms with Gasteiger partial charge in [-0.2, -0.15) is 10.2 Å². The third kappa shape index (κ3) is 5.02. The number of ether oxygens (including phenoxy) is 1. The Bertz CT molecular complexity index is 892. The van der Waals surface area contributed by atoms with Crippen LogP contribution in [-0.4, -0.2) is 50.4 Å². The predicted octanol–water partition coefficient (Wildman–Crippen LogP) is 5.94. The third-order valence-electron chi connectivity index (χ3n) is 4.64. The molecule has 1 aliphatic heterocycles. The molecule has 0 N–H and O–H groups in total. The van der Waals surface area contributed by atoms with Crippen LogP contribution in [0.1, 0.15) is 44.5 Å². The summed E-state index contributed by atoms with van der Waals surface area (Å²) in [5.74, 6) is -0.0562. The fourth-order valence-electron chi connectivity index (χ4n) is 3.31. The summed E-state index contributed by atoms with van der Waals surface area (Å²) in [6.45, 7) is 6.39. The maximum Gasteiger partial charge on any atom is 0.372 e. The molecule has 0 aliphatic carbocycles. The van der Waals surface area contributed by atoms with E-state index in [1.54, 1.807) is 33.8 Å². The van der Waals surface area contributed by atoms with Crippen LogP contribution in [0.2, 0.25) is 5.02 Å². The van der Waals surface area contributed by atoms with E-state index in [1.807, 2.05) is 0 Å². The average Bonchev–Trinajstić information content (AvgIpc) is 3.22. The Hall–Kier alpha value is -1.12. The molecule has 0 amide bonds. The molecular formula is C19H29ClN2O8P2. The number of halogens is 1. The molecule has 0 aromatic heterocycles. The van der Waals surface area contributed by atoms with Gasteiger partial charge in [0, 0.05) is 12.0 Å². The zero-order valence-electron chi connectivity index (χ0n) is 18.8. The summed E-state index contributed by atoms with van der Waals surface area (Å²) in [7, 11) is -7.02. The van der Waals surface area contributed by atoms with Crippen LogP contribution in [0.15, 0.2) is 28.4 Å². The fourth-order valence-corrected chi connectivity index (χ4v) is 8.91. The van der Waals surface area contributed by atoms with Crippen LogP contribution in [0.3, 0.4) is 0 Å². The smallest absolute Gasteiger partial charge is 0.372 e. The van der Waals surface area contributed by atoms with Crippen molar-refractivity contribution in [3.05, 3.63) is 28.8 Å². The molecule has 32 heavy (non-hydrogen) atoms. The van der Waals surface area contributed by atoms with Crippen molar-refractivity contribution in [3.63, 3.8) is 0 Å². The van der Waals surface area contributed by atoms with E-state index in [9.17, 15) is 13.9 Å². The van der Waals surface area contributed by atoms with Crippen molar-refractivity contribution in [3.8, 4) is 5.75 Å². The predicted molar refractivity (Wildman–Crippen MR) is 120 cm³/mol. The molecule has 0 bridgehead atoms. The fraction of sp³-hybridized carbons (Fsp3) is 0.632. The third-order valence-corrected chi connectivity index (χ3v) is 11.1. The van der Waals surface area contributed by atoms with Crippen LogP contribution < -0.4 is 4.74 Å². The van der Waals surface area contributed by atoms with Gasteiger partial charge in [0.1, 0.15) is 11.8 Å². The summed E-state index contributed by atoms with van der Waals surface area (Å²) in [4.78, 5) is 13.2. The van der Waals surface area contributed by atoms with Crippen LogP contribution in [0.25, 0.3) is 0 Å². The van der Waals surface area contributed by atoms with Gasteiger partial charge in [-0.3, -0.25) is 13.9 Å². The first-order chi connectivity index (χ1) is 15.2. The number of hydrogen-bond acceptors (Lipinski definition) is 10. The number of azo groups is 1. The van der Waals surface area contributed by atoms with Crippen molar-refractivity contribution in [2.24, 2.45) is 10.2 Å². The van der Waals surface area contributed by atoms with Crippen molar-refractivity contribution in [2.45, 2.75) is 45.2 Å². The van der Waals surface area contributed by atoms with Gasteiger partial charge in [0.2, 0.25) is 0 Å². The Balaban J connectivity index is 2.55. The van der Waals surface area contributed by atoms with E-state index in [0.717, 1.165) is 0 Å². The molecular weight excluding hydrogens is 482 g/mol. The van der Waals surface area contributed by atoms with Crippen LogP contribution in [0.4, 0.5) is 0 Å². The molecule has 0 saturated heterocycles. The van der Waals surface area contributed by atoms with Gasteiger partial charge in [-0.1, -0.05) is 11.6 Å². The van der Waals surface area contributed by atoms with Crippen molar-refractivity contribution in [1.29, 1.82) is 0 Å². The molecule has 0 radical (unpaired) electrons. The number of nitrogens with zero attached hydrogens (tertiary/aromatic N) is 2. The number of rotatable bonds is 13. The first kappa shape index (κ1) is 27.1. The highest BCUT2D eigenvalue weighted by Gasteiger charge is 2.69. The summed E-state index contributed by atoms with van der Waals surface area (Å²) in [6.07, 6.45) is -0.343. The lowest BCUT2D eigenvalue weighted by atomic mass is 10.0. The minimum atomic E-state index is -4.24. The monoisotopic (exact) mass is 510 g/mol. The molecule has 1 aromatic rings. The lowest BCUT2D eigenvalue weighted by Crippen LogP contribution is -2.33. The van der Waals surface area contributed by atoms with Crippen LogP contribution in [-0.2, 0) is 27.2 Å². The number of methoxy groups -OCH3 is 1. The van der Waals surface area contributed by atoms with Crippen LogP contribution in [0, 0.1) is 0 Å². The van der Waals surface area contributed by atoms with E-state index < -0.39 is 32.0 Å². The maximum absolute atomic E-state index is 13.9. The minimum Gasteiger partial charge on any atom is -0.495 e. The number of ketones is 1. The second kappa shape index (κ2) is 11.3. The number of carbonyl (C=O) groups is 1. The van der Waals surface area contributed by atoms with Crippen molar-refractivity contribution in [2.75, 3.05) is 33.5 Å². The molecule has 0 spiro atoms. The Labute approximate surface area is 193 Å². The Kier molecular flexibility index (Phi) is 9.61. The van der Waals surface area contributed by atoms with Gasteiger partial charge in [0.25, 0.3) is 5.02 Å². The quantitative estimate of drug-likeness (QED) is 0.236. The molecule has 13 heteroatoms. The van der Waals surface area contributed by atoms with E-state index in [-0.39, 0.29) is 43.4 Å².